The van der Waals surface area contributed by atoms with Crippen molar-refractivity contribution < 1.29 is 61.0 Å². The predicted octanol–water partition coefficient (Wildman–Crippen LogP) is 4.39. The Hall–Kier alpha value is -1.04. The summed E-state index contributed by atoms with van der Waals surface area (Å²) in [6.45, 7) is 9.61. The quantitative estimate of drug-likeness (QED) is 0.222. The minimum Gasteiger partial charge on any atom is -0.859 e. The number of hydrogen-bond acceptors (Lipinski definition) is 3. The van der Waals surface area contributed by atoms with Crippen molar-refractivity contribution in [3.8, 4) is 0 Å². The molecule has 0 aromatic heterocycles. The molecule has 0 saturated heterocycles. The molecule has 0 bridgehead atoms. The molecule has 0 heterocycles. The number of carbonyl (C=O) groups excluding carboxylic acids is 1. The van der Waals surface area contributed by atoms with Crippen LogP contribution in [0.2, 0.25) is 19.6 Å². The van der Waals surface area contributed by atoms with Crippen LogP contribution in [0.4, 0.5) is 0 Å². The molecule has 6 nitrogen and oxygen atoms in total. The van der Waals surface area contributed by atoms with Crippen LogP contribution in [0.1, 0.15) is 50.7 Å². The van der Waals surface area contributed by atoms with Gasteiger partial charge in [-0.05, 0) is 59.3 Å². The van der Waals surface area contributed by atoms with E-state index in [9.17, 15) is 9.59 Å². The molecule has 0 radical (unpaired) electrons. The van der Waals surface area contributed by atoms with E-state index in [4.69, 9.17) is 11.3 Å². The molecule has 4 atom stereocenters. The van der Waals surface area contributed by atoms with Gasteiger partial charge in [-0.25, -0.2) is 0 Å². The Bertz CT molecular complexity index is 1110. The summed E-state index contributed by atoms with van der Waals surface area (Å²) < 4.78 is 0. The second-order valence-corrected chi connectivity index (χ2v) is 14.8. The summed E-state index contributed by atoms with van der Waals surface area (Å²) in [5.74, 6) is 0.485. The summed E-state index contributed by atoms with van der Waals surface area (Å²) in [7, 11) is -1.86. The van der Waals surface area contributed by atoms with E-state index in [0.717, 1.165) is 24.8 Å². The first-order valence-corrected chi connectivity index (χ1v) is 16.5. The molecule has 2 N–H and O–H groups in total. The van der Waals surface area contributed by atoms with Crippen LogP contribution in [0.3, 0.4) is 0 Å². The van der Waals surface area contributed by atoms with Crippen molar-refractivity contribution in [3.05, 3.63) is 93.4 Å². The second kappa shape index (κ2) is 19.2. The molecule has 1 amide bonds. The molecule has 0 aliphatic heterocycles. The normalized spacial score (nSPS) is 21.2. The molecule has 2 unspecified atom stereocenters. The number of carbonyl (C=O) groups is 1. The van der Waals surface area contributed by atoms with Gasteiger partial charge in [0.25, 0.3) is 0 Å². The number of amides is 1. The zero-order valence-corrected chi connectivity index (χ0v) is 29.1. The Morgan fingerprint density at radius 1 is 0.923 bits per heavy atom. The van der Waals surface area contributed by atoms with Gasteiger partial charge in [-0.1, -0.05) is 126 Å². The summed E-state index contributed by atoms with van der Waals surface area (Å²) in [6.07, 6.45) is 8.44. The molecule has 2 saturated carbocycles. The smallest absolute Gasteiger partial charge is 0.859 e. The number of benzene rings is 2. The minimum atomic E-state index is -1.86. The molecule has 0 spiro atoms. The molecule has 2 aliphatic rings. The Kier molecular flexibility index (Phi) is 18.6. The second-order valence-electron chi connectivity index (χ2n) is 10.6. The van der Waals surface area contributed by atoms with Crippen molar-refractivity contribution in [2.45, 2.75) is 65.2 Å². The van der Waals surface area contributed by atoms with Gasteiger partial charge in [-0.3, -0.25) is 4.79 Å². The maximum Gasteiger partial charge on any atom is 1.00 e. The van der Waals surface area contributed by atoms with Crippen LogP contribution in [0, 0.1) is 17.8 Å². The molecule has 2 aromatic carbocycles. The summed E-state index contributed by atoms with van der Waals surface area (Å²) in [5.41, 5.74) is 19.3. The number of rotatable bonds is 7. The van der Waals surface area contributed by atoms with Crippen molar-refractivity contribution in [1.82, 2.24) is 0 Å². The van der Waals surface area contributed by atoms with Gasteiger partial charge in [-0.2, -0.15) is 0 Å². The van der Waals surface area contributed by atoms with E-state index in [2.05, 4.69) is 60.3 Å². The number of nitrogens with zero attached hydrogens (tertiary/aromatic N) is 3. The summed E-state index contributed by atoms with van der Waals surface area (Å²) in [4.78, 5) is 24.2. The largest absolute Gasteiger partial charge is 1.00 e. The fraction of sp³-hybridized carbons (Fsp3) is 0.433. The maximum absolute atomic E-state index is 11.4. The summed E-state index contributed by atoms with van der Waals surface area (Å²) >= 11 is 0. The Morgan fingerprint density at radius 3 is 1.64 bits per heavy atom. The molecule has 206 valence electrons. The van der Waals surface area contributed by atoms with Crippen molar-refractivity contribution in [2.75, 3.05) is 0 Å². The average Bonchev–Trinajstić information content (AvgIpc) is 3.79. The molecular weight excluding hydrogens is 551 g/mol. The van der Waals surface area contributed by atoms with Gasteiger partial charge in [0.05, 0.1) is 0 Å². The van der Waals surface area contributed by atoms with Crippen LogP contribution in [-0.2, 0) is 4.79 Å². The molecule has 4 rings (SSSR count). The van der Waals surface area contributed by atoms with E-state index < -0.39 is 8.32 Å². The van der Waals surface area contributed by atoms with Gasteiger partial charge in [0, 0.05) is 16.9 Å². The van der Waals surface area contributed by atoms with Crippen molar-refractivity contribution in [1.29, 1.82) is 0 Å². The average molecular weight is 593 g/mol. The first-order valence-electron chi connectivity index (χ1n) is 13.1. The van der Waals surface area contributed by atoms with Crippen molar-refractivity contribution in [2.24, 2.45) is 28.6 Å². The zero-order chi connectivity index (χ0) is 27.4. The van der Waals surface area contributed by atoms with Crippen LogP contribution in [0.5, 0.6) is 0 Å². The monoisotopic (exact) mass is 592 g/mol. The zero-order valence-electron chi connectivity index (χ0n) is 24.2. The number of nitrogens with two attached hydrogens (primary N) is 1. The van der Waals surface area contributed by atoms with E-state index >= 15 is 0 Å². The van der Waals surface area contributed by atoms with Crippen molar-refractivity contribution in [3.63, 3.8) is 0 Å². The van der Waals surface area contributed by atoms with E-state index in [1.807, 2.05) is 36.4 Å². The van der Waals surface area contributed by atoms with Gasteiger partial charge < -0.3 is 10.5 Å². The first kappa shape index (κ1) is 38.0. The first-order chi connectivity index (χ1) is 17.6. The molecular formula is C30H42ClKN4O2Si. The van der Waals surface area contributed by atoms with Gasteiger partial charge in [-0.15, -0.1) is 12.4 Å². The fourth-order valence-corrected chi connectivity index (χ4v) is 4.11. The third-order valence-corrected chi connectivity index (χ3v) is 6.16. The Labute approximate surface area is 284 Å². The standard InChI is InChI=1S/C14H15N3O.C13H17N.C3H9OSi.ClH.K/c1-2-11(8-10-6-4-3-5-7-10)12-9-13(12)14(18)16-17-15;1-2-11(12-9-13(12)14)8-10-6-4-3-5-7-10;1-5(2,3)4;;/h3-8,12-13H,2,9H2,1H3;3-8,12-13H,2,9,14H2,1H3;1-3H3;1H;/q;;-1;;+1/b2*11-8+;;;/t;12-,13+;;;/m.0.../s1. The number of hydrogen-bond donors (Lipinski definition) is 1. The van der Waals surface area contributed by atoms with Gasteiger partial charge in [0.15, 0.2) is 0 Å². The molecule has 39 heavy (non-hydrogen) atoms. The molecule has 2 fully saturated rings. The SMILES string of the molecule is CC/C(=C\c1ccccc1)C1CC1C(=O)N=[N+]=[N-].CC/C(=C\c1ccccc1)[C@@H]1C[C@H]1N.C[Si](C)(C)[O-].Cl.[K+]. The van der Waals surface area contributed by atoms with Crippen LogP contribution >= 0.6 is 12.4 Å². The van der Waals surface area contributed by atoms with Gasteiger partial charge in [0.2, 0.25) is 5.91 Å². The topological polar surface area (TPSA) is 115 Å². The van der Waals surface area contributed by atoms with E-state index in [0.29, 0.717) is 12.0 Å². The van der Waals surface area contributed by atoms with Crippen LogP contribution < -0.4 is 61.9 Å². The third kappa shape index (κ3) is 15.5. The molecule has 2 aliphatic carbocycles. The Balaban J connectivity index is 0.000000617. The fourth-order valence-electron chi connectivity index (χ4n) is 4.11. The van der Waals surface area contributed by atoms with E-state index in [1.165, 1.54) is 23.1 Å². The van der Waals surface area contributed by atoms with Crippen LogP contribution in [0.25, 0.3) is 22.6 Å². The summed E-state index contributed by atoms with van der Waals surface area (Å²) in [5, 5.41) is 3.17. The minimum absolute atomic E-state index is 0. The van der Waals surface area contributed by atoms with Crippen molar-refractivity contribution >= 4 is 38.8 Å². The molecule has 2 aromatic rings. The van der Waals surface area contributed by atoms with E-state index in [-0.39, 0.29) is 81.5 Å². The Morgan fingerprint density at radius 2 is 1.31 bits per heavy atom. The van der Waals surface area contributed by atoms with Crippen LogP contribution in [0.15, 0.2) is 76.9 Å². The van der Waals surface area contributed by atoms with Gasteiger partial charge >= 0.3 is 51.4 Å². The summed E-state index contributed by atoms with van der Waals surface area (Å²) in [6, 6.07) is 21.0. The number of allylic oxidation sites excluding steroid dienone is 1. The molecule has 9 heteroatoms. The van der Waals surface area contributed by atoms with Crippen LogP contribution in [-0.4, -0.2) is 20.3 Å². The number of halogens is 1. The van der Waals surface area contributed by atoms with Gasteiger partial charge in [0.1, 0.15) is 0 Å². The van der Waals surface area contributed by atoms with E-state index in [1.54, 1.807) is 19.6 Å². The predicted molar refractivity (Wildman–Crippen MR) is 162 cm³/mol. The maximum atomic E-state index is 11.4. The third-order valence-electron chi connectivity index (χ3n) is 6.16. The number of azide groups is 1.